The van der Waals surface area contributed by atoms with Crippen molar-refractivity contribution in [3.8, 4) is 0 Å². The van der Waals surface area contributed by atoms with Gasteiger partial charge in [-0.2, -0.15) is 0 Å². The Morgan fingerprint density at radius 1 is 1.70 bits per heavy atom. The van der Waals surface area contributed by atoms with Gasteiger partial charge in [0.05, 0.1) is 10.6 Å². The number of nitrogens with zero attached hydrogens (tertiary/aromatic N) is 1. The molecule has 4 nitrogen and oxygen atoms in total. The summed E-state index contributed by atoms with van der Waals surface area (Å²) in [6, 6.07) is 0. The zero-order valence-electron chi connectivity index (χ0n) is 6.42. The van der Waals surface area contributed by atoms with E-state index in [1.165, 1.54) is 0 Å². The summed E-state index contributed by atoms with van der Waals surface area (Å²) in [6.45, 7) is 3.79. The van der Waals surface area contributed by atoms with Crippen molar-refractivity contribution >= 4 is 0 Å². The van der Waals surface area contributed by atoms with Crippen molar-refractivity contribution < 1.29 is 4.92 Å². The SMILES string of the molecule is CN/C(=C\[N+](=O)[O-])C(C)C. The van der Waals surface area contributed by atoms with E-state index < -0.39 is 4.92 Å². The fourth-order valence-electron chi connectivity index (χ4n) is 0.616. The minimum atomic E-state index is -0.453. The van der Waals surface area contributed by atoms with E-state index in [2.05, 4.69) is 5.32 Å². The molecule has 0 aromatic rings. The molecule has 0 unspecified atom stereocenters. The Labute approximate surface area is 60.1 Å². The average molecular weight is 144 g/mol. The molecule has 1 N–H and O–H groups in total. The van der Waals surface area contributed by atoms with E-state index in [0.717, 1.165) is 6.20 Å². The van der Waals surface area contributed by atoms with Gasteiger partial charge in [-0.25, -0.2) is 0 Å². The minimum absolute atomic E-state index is 0.176. The molecule has 10 heavy (non-hydrogen) atoms. The molecule has 58 valence electrons. The highest BCUT2D eigenvalue weighted by atomic mass is 16.6. The quantitative estimate of drug-likeness (QED) is 0.474. The molecule has 0 bridgehead atoms. The van der Waals surface area contributed by atoms with Crippen LogP contribution in [0.1, 0.15) is 13.8 Å². The monoisotopic (exact) mass is 144 g/mol. The third kappa shape index (κ3) is 3.06. The lowest BCUT2D eigenvalue weighted by Crippen LogP contribution is -2.13. The fraction of sp³-hybridized carbons (Fsp3) is 0.667. The molecular formula is C6H12N2O2. The van der Waals surface area contributed by atoms with Crippen LogP contribution in [0.25, 0.3) is 0 Å². The zero-order chi connectivity index (χ0) is 8.15. The van der Waals surface area contributed by atoms with E-state index in [-0.39, 0.29) is 5.92 Å². The number of hydrogen-bond acceptors (Lipinski definition) is 3. The standard InChI is InChI=1S/C6H12N2O2/c1-5(2)6(7-3)4-8(9)10/h4-5,7H,1-3H3/b6-4-. The van der Waals surface area contributed by atoms with Crippen molar-refractivity contribution in [3.63, 3.8) is 0 Å². The van der Waals surface area contributed by atoms with Crippen LogP contribution < -0.4 is 5.32 Å². The van der Waals surface area contributed by atoms with Gasteiger partial charge >= 0.3 is 0 Å². The molecule has 0 aromatic heterocycles. The molecule has 0 radical (unpaired) electrons. The molecule has 0 spiro atoms. The molecule has 0 heterocycles. The van der Waals surface area contributed by atoms with E-state index in [4.69, 9.17) is 0 Å². The highest BCUT2D eigenvalue weighted by Crippen LogP contribution is 2.03. The molecule has 0 aromatic carbocycles. The van der Waals surface area contributed by atoms with E-state index in [0.29, 0.717) is 5.70 Å². The summed E-state index contributed by atoms with van der Waals surface area (Å²) in [5, 5.41) is 12.7. The second-order valence-electron chi connectivity index (χ2n) is 2.27. The second kappa shape index (κ2) is 3.87. The van der Waals surface area contributed by atoms with Gasteiger partial charge in [-0.3, -0.25) is 10.1 Å². The fourth-order valence-corrected chi connectivity index (χ4v) is 0.616. The average Bonchev–Trinajstić information content (AvgIpc) is 1.81. The lowest BCUT2D eigenvalue weighted by Gasteiger charge is -2.05. The molecule has 0 aliphatic rings. The highest BCUT2D eigenvalue weighted by Gasteiger charge is 2.03. The molecule has 0 saturated carbocycles. The van der Waals surface area contributed by atoms with Gasteiger partial charge in [0, 0.05) is 7.05 Å². The molecule has 4 heteroatoms. The first-order chi connectivity index (χ1) is 4.57. The predicted molar refractivity (Wildman–Crippen MR) is 39.0 cm³/mol. The van der Waals surface area contributed by atoms with Crippen molar-refractivity contribution in [2.24, 2.45) is 5.92 Å². The van der Waals surface area contributed by atoms with Crippen molar-refractivity contribution in [1.82, 2.24) is 5.32 Å². The van der Waals surface area contributed by atoms with Crippen LogP contribution in [0, 0.1) is 16.0 Å². The van der Waals surface area contributed by atoms with Gasteiger partial charge in [-0.1, -0.05) is 13.8 Å². The highest BCUT2D eigenvalue weighted by molar-refractivity contribution is 4.96. The van der Waals surface area contributed by atoms with Gasteiger partial charge in [0.25, 0.3) is 6.20 Å². The first-order valence-electron chi connectivity index (χ1n) is 3.11. The van der Waals surface area contributed by atoms with Gasteiger partial charge in [0.15, 0.2) is 0 Å². The summed E-state index contributed by atoms with van der Waals surface area (Å²) in [4.78, 5) is 9.51. The largest absolute Gasteiger partial charge is 0.386 e. The van der Waals surface area contributed by atoms with Gasteiger partial charge in [-0.05, 0) is 5.92 Å². The Balaban J connectivity index is 4.18. The molecular weight excluding hydrogens is 132 g/mol. The van der Waals surface area contributed by atoms with E-state index in [1.807, 2.05) is 13.8 Å². The maximum absolute atomic E-state index is 9.96. The van der Waals surface area contributed by atoms with Gasteiger partial charge < -0.3 is 5.32 Å². The van der Waals surface area contributed by atoms with Crippen LogP contribution in [0.4, 0.5) is 0 Å². The summed E-state index contributed by atoms with van der Waals surface area (Å²) in [6.07, 6.45) is 0.991. The molecule has 0 amide bonds. The number of allylic oxidation sites excluding steroid dienone is 1. The summed E-state index contributed by atoms with van der Waals surface area (Å²) < 4.78 is 0. The Morgan fingerprint density at radius 2 is 2.20 bits per heavy atom. The summed E-state index contributed by atoms with van der Waals surface area (Å²) in [5.41, 5.74) is 0.644. The van der Waals surface area contributed by atoms with Gasteiger partial charge in [0.2, 0.25) is 0 Å². The minimum Gasteiger partial charge on any atom is -0.386 e. The lowest BCUT2D eigenvalue weighted by molar-refractivity contribution is -0.404. The van der Waals surface area contributed by atoms with E-state index in [1.54, 1.807) is 7.05 Å². The summed E-state index contributed by atoms with van der Waals surface area (Å²) >= 11 is 0. The molecule has 0 fully saturated rings. The van der Waals surface area contributed by atoms with Crippen LogP contribution in [0.15, 0.2) is 11.9 Å². The lowest BCUT2D eigenvalue weighted by atomic mass is 10.1. The zero-order valence-corrected chi connectivity index (χ0v) is 6.42. The Bertz CT molecular complexity index is 152. The van der Waals surface area contributed by atoms with Crippen molar-refractivity contribution in [2.45, 2.75) is 13.8 Å². The molecule has 0 rings (SSSR count). The van der Waals surface area contributed by atoms with Crippen LogP contribution in [0.3, 0.4) is 0 Å². The summed E-state index contributed by atoms with van der Waals surface area (Å²) in [5.74, 6) is 0.176. The predicted octanol–water partition coefficient (Wildman–Crippen LogP) is 0.980. The van der Waals surface area contributed by atoms with Crippen molar-refractivity contribution in [2.75, 3.05) is 7.05 Å². The van der Waals surface area contributed by atoms with Crippen LogP contribution in [0.2, 0.25) is 0 Å². The Kier molecular flexibility index (Phi) is 3.46. The van der Waals surface area contributed by atoms with Gasteiger partial charge in [-0.15, -0.1) is 0 Å². The molecule has 0 saturated heterocycles. The number of hydrogen-bond donors (Lipinski definition) is 1. The topological polar surface area (TPSA) is 55.2 Å². The molecule has 0 aliphatic carbocycles. The Morgan fingerprint density at radius 3 is 2.30 bits per heavy atom. The van der Waals surface area contributed by atoms with Crippen LogP contribution in [-0.4, -0.2) is 12.0 Å². The second-order valence-corrected chi connectivity index (χ2v) is 2.27. The van der Waals surface area contributed by atoms with Gasteiger partial charge in [0.1, 0.15) is 0 Å². The van der Waals surface area contributed by atoms with E-state index in [9.17, 15) is 10.1 Å². The third-order valence-electron chi connectivity index (χ3n) is 1.16. The first kappa shape index (κ1) is 8.94. The summed E-state index contributed by atoms with van der Waals surface area (Å²) in [7, 11) is 1.68. The molecule has 0 atom stereocenters. The van der Waals surface area contributed by atoms with Crippen molar-refractivity contribution in [3.05, 3.63) is 22.0 Å². The number of nitro groups is 1. The molecule has 0 aliphatic heterocycles. The normalized spacial score (nSPS) is 11.8. The van der Waals surface area contributed by atoms with Crippen molar-refractivity contribution in [1.29, 1.82) is 0 Å². The smallest absolute Gasteiger partial charge is 0.253 e. The maximum Gasteiger partial charge on any atom is 0.253 e. The first-order valence-corrected chi connectivity index (χ1v) is 3.11. The van der Waals surface area contributed by atoms with Crippen LogP contribution >= 0.6 is 0 Å². The Hall–Kier alpha value is -1.06. The number of nitrogens with one attached hydrogen (secondary N) is 1. The van der Waals surface area contributed by atoms with Crippen LogP contribution in [-0.2, 0) is 0 Å². The number of rotatable bonds is 3. The maximum atomic E-state index is 9.96. The van der Waals surface area contributed by atoms with Crippen LogP contribution in [0.5, 0.6) is 0 Å². The van der Waals surface area contributed by atoms with E-state index >= 15 is 0 Å². The third-order valence-corrected chi connectivity index (χ3v) is 1.16.